The van der Waals surface area contributed by atoms with Crippen molar-refractivity contribution in [1.82, 2.24) is 15.5 Å². The molecule has 1 fully saturated rings. The quantitative estimate of drug-likeness (QED) is 0.386. The molecule has 1 aliphatic heterocycles. The van der Waals surface area contributed by atoms with Crippen molar-refractivity contribution in [3.05, 3.63) is 76.9 Å². The number of ether oxygens (including phenoxy) is 3. The molecule has 2 N–H and O–H groups in total. The summed E-state index contributed by atoms with van der Waals surface area (Å²) in [5.41, 5.74) is 2.72. The van der Waals surface area contributed by atoms with Crippen LogP contribution in [0.1, 0.15) is 47.8 Å². The molecule has 2 amide bonds. The van der Waals surface area contributed by atoms with Gasteiger partial charge in [-0.3, -0.25) is 9.69 Å². The second kappa shape index (κ2) is 14.9. The van der Waals surface area contributed by atoms with E-state index in [1.807, 2.05) is 18.2 Å². The van der Waals surface area contributed by atoms with Gasteiger partial charge in [0, 0.05) is 30.8 Å². The number of alkyl carbamates (subject to hydrolysis) is 1. The van der Waals surface area contributed by atoms with Crippen LogP contribution in [0.3, 0.4) is 0 Å². The van der Waals surface area contributed by atoms with Gasteiger partial charge in [0.05, 0.1) is 26.9 Å². The fourth-order valence-electron chi connectivity index (χ4n) is 3.80. The Kier molecular flexibility index (Phi) is 11.3. The second-order valence-corrected chi connectivity index (χ2v) is 10.2. The largest absolute Gasteiger partial charge is 0.467 e. The van der Waals surface area contributed by atoms with Crippen molar-refractivity contribution in [2.24, 2.45) is 0 Å². The summed E-state index contributed by atoms with van der Waals surface area (Å²) in [5, 5.41) is 5.06. The summed E-state index contributed by atoms with van der Waals surface area (Å²) < 4.78 is 15.3. The molecule has 2 aromatic carbocycles. The molecule has 0 spiro atoms. The number of carbonyl (C=O) groups excluding carboxylic acids is 3. The predicted molar refractivity (Wildman–Crippen MR) is 152 cm³/mol. The molecular formula is C31H37N3O6. The zero-order valence-electron chi connectivity index (χ0n) is 23.5. The van der Waals surface area contributed by atoms with Crippen molar-refractivity contribution in [3.63, 3.8) is 0 Å². The Bertz CT molecular complexity index is 1230. The van der Waals surface area contributed by atoms with Crippen LogP contribution in [0.4, 0.5) is 4.79 Å². The number of methoxy groups -OCH3 is 1. The number of nitrogens with zero attached hydrogens (tertiary/aromatic N) is 1. The molecular weight excluding hydrogens is 510 g/mol. The molecule has 0 bridgehead atoms. The van der Waals surface area contributed by atoms with Crippen LogP contribution < -0.4 is 10.6 Å². The molecule has 9 heteroatoms. The maximum Gasteiger partial charge on any atom is 0.407 e. The van der Waals surface area contributed by atoms with Gasteiger partial charge < -0.3 is 24.8 Å². The Labute approximate surface area is 235 Å². The molecule has 0 aliphatic carbocycles. The van der Waals surface area contributed by atoms with Crippen molar-refractivity contribution in [2.45, 2.75) is 39.0 Å². The Balaban J connectivity index is 1.51. The van der Waals surface area contributed by atoms with Gasteiger partial charge in [-0.1, -0.05) is 36.1 Å². The number of nitrogens with one attached hydrogen (secondary N) is 2. The fraction of sp³-hybridized carbons (Fsp3) is 0.387. The van der Waals surface area contributed by atoms with Gasteiger partial charge in [-0.25, -0.2) is 9.59 Å². The molecule has 212 valence electrons. The monoisotopic (exact) mass is 547 g/mol. The van der Waals surface area contributed by atoms with E-state index in [0.29, 0.717) is 5.56 Å². The predicted octanol–water partition coefficient (Wildman–Crippen LogP) is 3.38. The molecule has 40 heavy (non-hydrogen) atoms. The first kappa shape index (κ1) is 30.4. The van der Waals surface area contributed by atoms with Crippen LogP contribution in [-0.4, -0.2) is 74.5 Å². The van der Waals surface area contributed by atoms with Crippen LogP contribution >= 0.6 is 0 Å². The smallest absolute Gasteiger partial charge is 0.407 e. The summed E-state index contributed by atoms with van der Waals surface area (Å²) in [4.78, 5) is 39.1. The summed E-state index contributed by atoms with van der Waals surface area (Å²) in [5.74, 6) is 5.00. The normalized spacial score (nSPS) is 14.5. The average Bonchev–Trinajstić information content (AvgIpc) is 2.93. The van der Waals surface area contributed by atoms with E-state index in [1.165, 1.54) is 12.7 Å². The van der Waals surface area contributed by atoms with Gasteiger partial charge in [0.2, 0.25) is 0 Å². The van der Waals surface area contributed by atoms with E-state index in [1.54, 1.807) is 51.1 Å². The van der Waals surface area contributed by atoms with Crippen LogP contribution in [0, 0.1) is 11.8 Å². The molecule has 9 nitrogen and oxygen atoms in total. The fourth-order valence-corrected chi connectivity index (χ4v) is 3.80. The SMILES string of the molecule is COC(=O)[C@H](CNC(=O)OC(C)(C)C)NC(=O)c1ccc(/C=C/C#Cc2ccc(CN3CCOCC3)cc2)cc1. The van der Waals surface area contributed by atoms with Crippen LogP contribution in [0.5, 0.6) is 0 Å². The van der Waals surface area contributed by atoms with Crippen LogP contribution in [-0.2, 0) is 25.5 Å². The van der Waals surface area contributed by atoms with E-state index in [4.69, 9.17) is 14.2 Å². The number of rotatable bonds is 8. The maximum atomic E-state index is 12.7. The Hall–Kier alpha value is -4.13. The third-order valence-electron chi connectivity index (χ3n) is 5.85. The zero-order chi connectivity index (χ0) is 29.0. The Morgan fingerprint density at radius 1 is 1.05 bits per heavy atom. The highest BCUT2D eigenvalue weighted by atomic mass is 16.6. The molecule has 0 aromatic heterocycles. The van der Waals surface area contributed by atoms with Crippen molar-refractivity contribution >= 4 is 24.0 Å². The number of hydrogen-bond acceptors (Lipinski definition) is 7. The highest BCUT2D eigenvalue weighted by Gasteiger charge is 2.24. The van der Waals surface area contributed by atoms with E-state index in [2.05, 4.69) is 39.5 Å². The first-order valence-electron chi connectivity index (χ1n) is 13.2. The lowest BCUT2D eigenvalue weighted by Gasteiger charge is -2.26. The summed E-state index contributed by atoms with van der Waals surface area (Å²) >= 11 is 0. The van der Waals surface area contributed by atoms with Crippen molar-refractivity contribution in [3.8, 4) is 11.8 Å². The lowest BCUT2D eigenvalue weighted by atomic mass is 10.1. The second-order valence-electron chi connectivity index (χ2n) is 10.2. The first-order chi connectivity index (χ1) is 19.1. The number of allylic oxidation sites excluding steroid dienone is 1. The molecule has 1 atom stereocenters. The third kappa shape index (κ3) is 10.6. The summed E-state index contributed by atoms with van der Waals surface area (Å²) in [6.45, 7) is 9.41. The third-order valence-corrected chi connectivity index (χ3v) is 5.85. The number of amides is 2. The van der Waals surface area contributed by atoms with E-state index < -0.39 is 29.6 Å². The van der Waals surface area contributed by atoms with Crippen molar-refractivity contribution in [1.29, 1.82) is 0 Å². The lowest BCUT2D eigenvalue weighted by molar-refractivity contribution is -0.142. The van der Waals surface area contributed by atoms with Crippen molar-refractivity contribution in [2.75, 3.05) is 40.0 Å². The van der Waals surface area contributed by atoms with Gasteiger partial charge in [-0.15, -0.1) is 0 Å². The summed E-state index contributed by atoms with van der Waals surface area (Å²) in [7, 11) is 1.21. The van der Waals surface area contributed by atoms with Gasteiger partial charge in [-0.05, 0) is 68.3 Å². The number of hydrogen-bond donors (Lipinski definition) is 2. The molecule has 2 aromatic rings. The van der Waals surface area contributed by atoms with Crippen molar-refractivity contribution < 1.29 is 28.6 Å². The Morgan fingerprint density at radius 2 is 1.73 bits per heavy atom. The van der Waals surface area contributed by atoms with Gasteiger partial charge in [0.1, 0.15) is 11.6 Å². The maximum absolute atomic E-state index is 12.7. The molecule has 1 heterocycles. The minimum Gasteiger partial charge on any atom is -0.467 e. The van der Waals surface area contributed by atoms with Crippen LogP contribution in [0.15, 0.2) is 54.6 Å². The van der Waals surface area contributed by atoms with Gasteiger partial charge in [0.25, 0.3) is 5.91 Å². The molecule has 0 saturated carbocycles. The van der Waals surface area contributed by atoms with Crippen LogP contribution in [0.25, 0.3) is 6.08 Å². The number of carbonyl (C=O) groups is 3. The van der Waals surface area contributed by atoms with E-state index in [0.717, 1.165) is 44.0 Å². The standard InChI is InChI=1S/C31H37N3O6/c1-31(2,3)40-30(37)32-21-27(29(36)38-4)33-28(35)26-15-13-24(14-16-26)8-6-5-7-23-9-11-25(12-10-23)22-34-17-19-39-20-18-34/h6,8-16,27H,17-22H2,1-4H3,(H,32,37)(H,33,35)/b8-6+/t27-/m0/s1. The Morgan fingerprint density at radius 3 is 2.35 bits per heavy atom. The lowest BCUT2D eigenvalue weighted by Crippen LogP contribution is -2.49. The van der Waals surface area contributed by atoms with Crippen LogP contribution in [0.2, 0.25) is 0 Å². The average molecular weight is 548 g/mol. The van der Waals surface area contributed by atoms with Gasteiger partial charge >= 0.3 is 12.1 Å². The number of benzene rings is 2. The van der Waals surface area contributed by atoms with E-state index >= 15 is 0 Å². The minimum atomic E-state index is -1.08. The summed E-state index contributed by atoms with van der Waals surface area (Å²) in [6.07, 6.45) is 2.91. The molecule has 3 rings (SSSR count). The number of esters is 1. The van der Waals surface area contributed by atoms with E-state index in [9.17, 15) is 14.4 Å². The first-order valence-corrected chi connectivity index (χ1v) is 13.2. The van der Waals surface area contributed by atoms with Gasteiger partial charge in [0.15, 0.2) is 0 Å². The topological polar surface area (TPSA) is 106 Å². The van der Waals surface area contributed by atoms with E-state index in [-0.39, 0.29) is 6.54 Å². The molecule has 1 saturated heterocycles. The highest BCUT2D eigenvalue weighted by molar-refractivity contribution is 5.97. The molecule has 1 aliphatic rings. The minimum absolute atomic E-state index is 0.177. The number of morpholine rings is 1. The summed E-state index contributed by atoms with van der Waals surface area (Å²) in [6, 6.07) is 14.0. The highest BCUT2D eigenvalue weighted by Crippen LogP contribution is 2.10. The zero-order valence-corrected chi connectivity index (χ0v) is 23.5. The van der Waals surface area contributed by atoms with Gasteiger partial charge in [-0.2, -0.15) is 0 Å². The molecule has 0 radical (unpaired) electrons. The molecule has 0 unspecified atom stereocenters.